The van der Waals surface area contributed by atoms with Gasteiger partial charge in [-0.2, -0.15) is 0 Å². The molecule has 2 aromatic carbocycles. The van der Waals surface area contributed by atoms with Gasteiger partial charge < -0.3 is 14.2 Å². The fourth-order valence-corrected chi connectivity index (χ4v) is 3.70. The van der Waals surface area contributed by atoms with Crippen molar-refractivity contribution >= 4 is 10.0 Å². The van der Waals surface area contributed by atoms with Crippen molar-refractivity contribution in [2.45, 2.75) is 11.4 Å². The van der Waals surface area contributed by atoms with Crippen molar-refractivity contribution in [1.82, 2.24) is 9.71 Å². The summed E-state index contributed by atoms with van der Waals surface area (Å²) in [6, 6.07) is 17.1. The van der Waals surface area contributed by atoms with Crippen molar-refractivity contribution in [2.75, 3.05) is 14.2 Å². The fraction of sp³-hybridized carbons (Fsp3) is 0.150. The molecule has 0 aliphatic heterocycles. The zero-order chi connectivity index (χ0) is 20.0. The molecule has 0 spiro atoms. The van der Waals surface area contributed by atoms with Gasteiger partial charge >= 0.3 is 0 Å². The van der Waals surface area contributed by atoms with Crippen LogP contribution >= 0.6 is 0 Å². The Morgan fingerprint density at radius 3 is 2.50 bits per heavy atom. The third kappa shape index (κ3) is 4.79. The van der Waals surface area contributed by atoms with Gasteiger partial charge in [-0.05, 0) is 35.9 Å². The first-order valence-corrected chi connectivity index (χ1v) is 9.89. The molecule has 0 aliphatic rings. The average Bonchev–Trinajstić information content (AvgIpc) is 2.73. The highest BCUT2D eigenvalue weighted by molar-refractivity contribution is 7.89. The molecule has 0 saturated carbocycles. The summed E-state index contributed by atoms with van der Waals surface area (Å²) in [4.78, 5) is 4.11. The van der Waals surface area contributed by atoms with Gasteiger partial charge in [-0.15, -0.1) is 0 Å². The molecule has 28 heavy (non-hydrogen) atoms. The monoisotopic (exact) mass is 400 g/mol. The third-order valence-electron chi connectivity index (χ3n) is 3.89. The Hall–Kier alpha value is -3.10. The maximum Gasteiger partial charge on any atom is 0.244 e. The lowest BCUT2D eigenvalue weighted by Gasteiger charge is -2.12. The van der Waals surface area contributed by atoms with Gasteiger partial charge in [0.15, 0.2) is 0 Å². The number of sulfonamides is 1. The minimum atomic E-state index is -3.81. The standard InChI is InChI=1S/C20H20N2O5S/c1-25-16-9-10-18(26-2)19(13-16)28(23,24)22-14-15-6-5-7-17(12-15)27-20-8-3-4-11-21-20/h3-13,22H,14H2,1-2H3. The lowest BCUT2D eigenvalue weighted by Crippen LogP contribution is -2.23. The fourth-order valence-electron chi connectivity index (χ4n) is 2.50. The molecule has 3 rings (SSSR count). The van der Waals surface area contributed by atoms with E-state index in [-0.39, 0.29) is 17.2 Å². The SMILES string of the molecule is COc1ccc(OC)c(S(=O)(=O)NCc2cccc(Oc3ccccn3)c2)c1. The number of methoxy groups -OCH3 is 2. The zero-order valence-corrected chi connectivity index (χ0v) is 16.3. The lowest BCUT2D eigenvalue weighted by molar-refractivity contribution is 0.392. The van der Waals surface area contributed by atoms with Crippen LogP contribution in [0.4, 0.5) is 0 Å². The van der Waals surface area contributed by atoms with E-state index in [4.69, 9.17) is 14.2 Å². The van der Waals surface area contributed by atoms with Crippen LogP contribution in [0.3, 0.4) is 0 Å². The number of hydrogen-bond acceptors (Lipinski definition) is 6. The molecule has 1 aromatic heterocycles. The van der Waals surface area contributed by atoms with Gasteiger partial charge in [0.05, 0.1) is 14.2 Å². The van der Waals surface area contributed by atoms with Crippen LogP contribution < -0.4 is 18.9 Å². The van der Waals surface area contributed by atoms with Gasteiger partial charge in [0, 0.05) is 24.9 Å². The number of nitrogens with one attached hydrogen (secondary N) is 1. The summed E-state index contributed by atoms with van der Waals surface area (Å²) in [5, 5.41) is 0. The molecule has 0 radical (unpaired) electrons. The molecule has 0 aliphatic carbocycles. The van der Waals surface area contributed by atoms with E-state index in [2.05, 4.69) is 9.71 Å². The van der Waals surface area contributed by atoms with Crippen molar-refractivity contribution in [3.8, 4) is 23.1 Å². The first-order valence-electron chi connectivity index (χ1n) is 8.41. The van der Waals surface area contributed by atoms with Crippen LogP contribution in [0.1, 0.15) is 5.56 Å². The number of hydrogen-bond donors (Lipinski definition) is 1. The van der Waals surface area contributed by atoms with Crippen LogP contribution in [0.5, 0.6) is 23.1 Å². The molecule has 1 heterocycles. The Labute approximate surface area is 164 Å². The van der Waals surface area contributed by atoms with E-state index >= 15 is 0 Å². The van der Waals surface area contributed by atoms with E-state index in [9.17, 15) is 8.42 Å². The van der Waals surface area contributed by atoms with Gasteiger partial charge in [-0.3, -0.25) is 0 Å². The maximum absolute atomic E-state index is 12.7. The van der Waals surface area contributed by atoms with Crippen LogP contribution in [0.2, 0.25) is 0 Å². The molecule has 0 fully saturated rings. The van der Waals surface area contributed by atoms with E-state index in [1.54, 1.807) is 54.7 Å². The molecule has 146 valence electrons. The van der Waals surface area contributed by atoms with E-state index < -0.39 is 10.0 Å². The third-order valence-corrected chi connectivity index (χ3v) is 5.31. The van der Waals surface area contributed by atoms with Gasteiger partial charge in [-0.1, -0.05) is 18.2 Å². The number of aromatic nitrogens is 1. The molecule has 0 bridgehead atoms. The van der Waals surface area contributed by atoms with Crippen molar-refractivity contribution < 1.29 is 22.6 Å². The average molecular weight is 400 g/mol. The Balaban J connectivity index is 1.75. The molecular weight excluding hydrogens is 380 g/mol. The summed E-state index contributed by atoms with van der Waals surface area (Å²) in [7, 11) is -0.927. The number of ether oxygens (including phenoxy) is 3. The summed E-state index contributed by atoms with van der Waals surface area (Å²) < 4.78 is 44.0. The molecule has 3 aromatic rings. The summed E-state index contributed by atoms with van der Waals surface area (Å²) in [6.07, 6.45) is 1.63. The smallest absolute Gasteiger partial charge is 0.244 e. The molecule has 0 amide bonds. The van der Waals surface area contributed by atoms with Crippen molar-refractivity contribution in [2.24, 2.45) is 0 Å². The topological polar surface area (TPSA) is 86.8 Å². The van der Waals surface area contributed by atoms with Gasteiger partial charge in [-0.25, -0.2) is 18.1 Å². The van der Waals surface area contributed by atoms with Crippen molar-refractivity contribution in [3.63, 3.8) is 0 Å². The normalized spacial score (nSPS) is 11.1. The minimum absolute atomic E-state index is 0.00948. The Kier molecular flexibility index (Phi) is 6.13. The number of benzene rings is 2. The van der Waals surface area contributed by atoms with Gasteiger partial charge in [0.2, 0.25) is 15.9 Å². The number of pyridine rings is 1. The number of nitrogens with zero attached hydrogens (tertiary/aromatic N) is 1. The van der Waals surface area contributed by atoms with E-state index in [0.717, 1.165) is 5.56 Å². The maximum atomic E-state index is 12.7. The van der Waals surface area contributed by atoms with Crippen molar-refractivity contribution in [3.05, 3.63) is 72.4 Å². The van der Waals surface area contributed by atoms with Crippen LogP contribution in [0.15, 0.2) is 71.8 Å². The Bertz CT molecular complexity index is 1040. The Morgan fingerprint density at radius 1 is 0.929 bits per heavy atom. The second kappa shape index (κ2) is 8.73. The second-order valence-electron chi connectivity index (χ2n) is 5.76. The molecular formula is C20H20N2O5S. The molecule has 7 nitrogen and oxygen atoms in total. The van der Waals surface area contributed by atoms with E-state index in [1.807, 2.05) is 6.07 Å². The Morgan fingerprint density at radius 2 is 1.79 bits per heavy atom. The minimum Gasteiger partial charge on any atom is -0.497 e. The highest BCUT2D eigenvalue weighted by Crippen LogP contribution is 2.28. The second-order valence-corrected chi connectivity index (χ2v) is 7.49. The summed E-state index contributed by atoms with van der Waals surface area (Å²) in [6.45, 7) is 0.0854. The molecule has 0 saturated heterocycles. The summed E-state index contributed by atoms with van der Waals surface area (Å²) in [5.41, 5.74) is 0.735. The summed E-state index contributed by atoms with van der Waals surface area (Å²) >= 11 is 0. The van der Waals surface area contributed by atoms with Crippen LogP contribution in [-0.4, -0.2) is 27.6 Å². The summed E-state index contributed by atoms with van der Waals surface area (Å²) in [5.74, 6) is 1.68. The van der Waals surface area contributed by atoms with Crippen LogP contribution in [0.25, 0.3) is 0 Å². The van der Waals surface area contributed by atoms with Crippen LogP contribution in [0, 0.1) is 0 Å². The van der Waals surface area contributed by atoms with Crippen molar-refractivity contribution in [1.29, 1.82) is 0 Å². The lowest BCUT2D eigenvalue weighted by atomic mass is 10.2. The predicted octanol–water partition coefficient (Wildman–Crippen LogP) is 3.37. The predicted molar refractivity (Wildman–Crippen MR) is 104 cm³/mol. The molecule has 0 atom stereocenters. The van der Waals surface area contributed by atoms with Gasteiger partial charge in [0.1, 0.15) is 22.1 Å². The van der Waals surface area contributed by atoms with Gasteiger partial charge in [0.25, 0.3) is 0 Å². The highest BCUT2D eigenvalue weighted by Gasteiger charge is 2.20. The van der Waals surface area contributed by atoms with E-state index in [0.29, 0.717) is 17.4 Å². The molecule has 1 N–H and O–H groups in total. The number of rotatable bonds is 8. The van der Waals surface area contributed by atoms with Crippen LogP contribution in [-0.2, 0) is 16.6 Å². The molecule has 8 heteroatoms. The first kappa shape index (κ1) is 19.7. The molecule has 0 unspecified atom stereocenters. The first-order chi connectivity index (χ1) is 13.5. The quantitative estimate of drug-likeness (QED) is 0.624. The zero-order valence-electron chi connectivity index (χ0n) is 15.5. The highest BCUT2D eigenvalue weighted by atomic mass is 32.2. The largest absolute Gasteiger partial charge is 0.497 e. The van der Waals surface area contributed by atoms with E-state index in [1.165, 1.54) is 20.3 Å².